The minimum Gasteiger partial charge on any atom is -0.496 e. The zero-order chi connectivity index (χ0) is 28.7. The number of amides is 1. The molecule has 5 rings (SSSR count). The minimum absolute atomic E-state index is 0.00955. The zero-order valence-corrected chi connectivity index (χ0v) is 24.1. The fourth-order valence-corrected chi connectivity index (χ4v) is 5.53. The van der Waals surface area contributed by atoms with E-state index in [2.05, 4.69) is 22.8 Å². The molecule has 2 aliphatic heterocycles. The van der Waals surface area contributed by atoms with E-state index in [1.165, 1.54) is 5.56 Å². The Labute approximate surface area is 242 Å². The van der Waals surface area contributed by atoms with Crippen LogP contribution in [-0.2, 0) is 33.0 Å². The second-order valence-corrected chi connectivity index (χ2v) is 10.9. The van der Waals surface area contributed by atoms with Crippen LogP contribution in [0.15, 0.2) is 66.7 Å². The summed E-state index contributed by atoms with van der Waals surface area (Å²) in [6.45, 7) is 7.65. The Morgan fingerprint density at radius 2 is 1.76 bits per heavy atom. The third-order valence-corrected chi connectivity index (χ3v) is 7.71. The number of nitrogens with one attached hydrogen (secondary N) is 2. The van der Waals surface area contributed by atoms with Crippen molar-refractivity contribution in [1.29, 1.82) is 0 Å². The summed E-state index contributed by atoms with van der Waals surface area (Å²) in [4.78, 5) is 12.1. The number of hydrogen-bond donors (Lipinski definition) is 2. The van der Waals surface area contributed by atoms with Crippen molar-refractivity contribution in [3.8, 4) is 11.5 Å². The summed E-state index contributed by atoms with van der Waals surface area (Å²) in [7, 11) is 1.67. The average molecular weight is 561 g/mol. The highest BCUT2D eigenvalue weighted by atomic mass is 16.6. The molecule has 3 aromatic carbocycles. The first-order chi connectivity index (χ1) is 19.9. The first-order valence-corrected chi connectivity index (χ1v) is 14.3. The molecule has 0 bridgehead atoms. The number of para-hydroxylation sites is 2. The topological polar surface area (TPSA) is 87.3 Å². The van der Waals surface area contributed by atoms with Crippen molar-refractivity contribution in [2.75, 3.05) is 38.7 Å². The van der Waals surface area contributed by atoms with Crippen molar-refractivity contribution in [3.63, 3.8) is 0 Å². The van der Waals surface area contributed by atoms with Crippen LogP contribution in [0.3, 0.4) is 0 Å². The maximum atomic E-state index is 12.1. The van der Waals surface area contributed by atoms with Gasteiger partial charge in [-0.05, 0) is 50.6 Å². The number of carbonyl (C=O) groups is 1. The SMILES string of the molecule is COc1ccccc1COCCCOc1ccc([C@H]2CCNC[C@@H]2OCc2cccc3c2NC(=O)OC3(C)C)cc1. The molecular formula is C33H40N2O6. The van der Waals surface area contributed by atoms with Gasteiger partial charge in [-0.25, -0.2) is 4.79 Å². The van der Waals surface area contributed by atoms with Gasteiger partial charge in [-0.15, -0.1) is 0 Å². The first kappa shape index (κ1) is 28.9. The Hall–Kier alpha value is -3.59. The van der Waals surface area contributed by atoms with E-state index in [9.17, 15) is 4.79 Å². The molecule has 0 spiro atoms. The van der Waals surface area contributed by atoms with Gasteiger partial charge in [0.05, 0.1) is 45.3 Å². The van der Waals surface area contributed by atoms with E-state index in [0.29, 0.717) is 26.4 Å². The summed E-state index contributed by atoms with van der Waals surface area (Å²) in [5.74, 6) is 1.96. The Bertz CT molecular complexity index is 1310. The molecule has 2 heterocycles. The number of carbonyl (C=O) groups excluding carboxylic acids is 1. The van der Waals surface area contributed by atoms with Crippen LogP contribution >= 0.6 is 0 Å². The predicted molar refractivity (Wildman–Crippen MR) is 158 cm³/mol. The van der Waals surface area contributed by atoms with Crippen molar-refractivity contribution in [3.05, 3.63) is 89.0 Å². The van der Waals surface area contributed by atoms with Gasteiger partial charge in [-0.2, -0.15) is 0 Å². The van der Waals surface area contributed by atoms with Gasteiger partial charge >= 0.3 is 6.09 Å². The number of hydrogen-bond acceptors (Lipinski definition) is 7. The molecule has 8 nitrogen and oxygen atoms in total. The molecule has 1 fully saturated rings. The number of rotatable bonds is 12. The molecule has 2 atom stereocenters. The molecule has 218 valence electrons. The third kappa shape index (κ3) is 7.19. The van der Waals surface area contributed by atoms with Crippen molar-refractivity contribution in [1.82, 2.24) is 5.32 Å². The standard InChI is InChI=1S/C33H40N2O6/c1-33(2)28-10-6-9-25(31(28)35-32(36)41-33)22-40-30-20-34-17-16-27(30)23-12-14-26(15-13-23)39-19-7-18-38-21-24-8-4-5-11-29(24)37-3/h4-6,8-15,27,30,34H,7,16-22H2,1-3H3,(H,35,36)/t27-,30+/m1/s1. The van der Waals surface area contributed by atoms with Crippen LogP contribution in [0.2, 0.25) is 0 Å². The second-order valence-electron chi connectivity index (χ2n) is 10.9. The van der Waals surface area contributed by atoms with Crippen LogP contribution in [0, 0.1) is 0 Å². The maximum absolute atomic E-state index is 12.1. The minimum atomic E-state index is -0.685. The molecule has 1 saturated heterocycles. The summed E-state index contributed by atoms with van der Waals surface area (Å²) >= 11 is 0. The second kappa shape index (κ2) is 13.4. The van der Waals surface area contributed by atoms with Gasteiger partial charge in [0.2, 0.25) is 0 Å². The van der Waals surface area contributed by atoms with Gasteiger partial charge in [0.25, 0.3) is 0 Å². The van der Waals surface area contributed by atoms with Crippen molar-refractivity contribution in [2.24, 2.45) is 0 Å². The Morgan fingerprint density at radius 1 is 0.951 bits per heavy atom. The molecule has 41 heavy (non-hydrogen) atoms. The van der Waals surface area contributed by atoms with Crippen molar-refractivity contribution < 1.29 is 28.5 Å². The van der Waals surface area contributed by atoms with Crippen LogP contribution in [-0.4, -0.2) is 45.6 Å². The van der Waals surface area contributed by atoms with Gasteiger partial charge in [0, 0.05) is 35.6 Å². The molecule has 2 N–H and O–H groups in total. The maximum Gasteiger partial charge on any atom is 0.412 e. The molecule has 3 aromatic rings. The van der Waals surface area contributed by atoms with Crippen LogP contribution < -0.4 is 20.1 Å². The van der Waals surface area contributed by atoms with Crippen LogP contribution in [0.4, 0.5) is 10.5 Å². The smallest absolute Gasteiger partial charge is 0.412 e. The number of benzene rings is 3. The van der Waals surface area contributed by atoms with Crippen molar-refractivity contribution >= 4 is 11.8 Å². The van der Waals surface area contributed by atoms with Gasteiger partial charge in [0.15, 0.2) is 0 Å². The lowest BCUT2D eigenvalue weighted by atomic mass is 9.87. The van der Waals surface area contributed by atoms with Gasteiger partial charge < -0.3 is 29.0 Å². The normalized spacial score (nSPS) is 19.5. The Morgan fingerprint density at radius 3 is 2.59 bits per heavy atom. The monoisotopic (exact) mass is 560 g/mol. The zero-order valence-electron chi connectivity index (χ0n) is 24.1. The van der Waals surface area contributed by atoms with Crippen molar-refractivity contribution in [2.45, 2.75) is 57.5 Å². The predicted octanol–water partition coefficient (Wildman–Crippen LogP) is 6.14. The van der Waals surface area contributed by atoms with E-state index < -0.39 is 11.7 Å². The van der Waals surface area contributed by atoms with Gasteiger partial charge in [-0.3, -0.25) is 5.32 Å². The molecule has 0 aliphatic carbocycles. The van der Waals surface area contributed by atoms with Crippen LogP contribution in [0.25, 0.3) is 0 Å². The van der Waals surface area contributed by atoms with E-state index in [1.807, 2.05) is 68.4 Å². The molecular weight excluding hydrogens is 520 g/mol. The number of fused-ring (bicyclic) bond motifs is 1. The molecule has 0 saturated carbocycles. The third-order valence-electron chi connectivity index (χ3n) is 7.71. The summed E-state index contributed by atoms with van der Waals surface area (Å²) in [5.41, 5.74) is 4.29. The summed E-state index contributed by atoms with van der Waals surface area (Å²) in [6.07, 6.45) is 1.36. The average Bonchev–Trinajstić information content (AvgIpc) is 2.98. The highest BCUT2D eigenvalue weighted by Gasteiger charge is 2.35. The van der Waals surface area contributed by atoms with Gasteiger partial charge in [-0.1, -0.05) is 48.5 Å². The van der Waals surface area contributed by atoms with E-state index >= 15 is 0 Å². The van der Waals surface area contributed by atoms with Gasteiger partial charge in [0.1, 0.15) is 17.1 Å². The number of cyclic esters (lactones) is 1. The largest absolute Gasteiger partial charge is 0.496 e. The fraction of sp³-hybridized carbons (Fsp3) is 0.424. The summed E-state index contributed by atoms with van der Waals surface area (Å²) < 4.78 is 29.1. The summed E-state index contributed by atoms with van der Waals surface area (Å²) in [5, 5.41) is 6.35. The number of methoxy groups -OCH3 is 1. The van der Waals surface area contributed by atoms with E-state index in [-0.39, 0.29) is 12.0 Å². The molecule has 1 amide bonds. The Kier molecular flexibility index (Phi) is 9.44. The molecule has 0 aromatic heterocycles. The highest BCUT2D eigenvalue weighted by Crippen LogP contribution is 2.38. The van der Waals surface area contributed by atoms with Crippen LogP contribution in [0.1, 0.15) is 54.9 Å². The lowest BCUT2D eigenvalue weighted by molar-refractivity contribution is 0.0102. The lowest BCUT2D eigenvalue weighted by Gasteiger charge is -2.35. The first-order valence-electron chi connectivity index (χ1n) is 14.3. The van der Waals surface area contributed by atoms with E-state index in [1.54, 1.807) is 7.11 Å². The molecule has 8 heteroatoms. The highest BCUT2D eigenvalue weighted by molar-refractivity contribution is 5.90. The van der Waals surface area contributed by atoms with E-state index in [4.69, 9.17) is 23.7 Å². The fourth-order valence-electron chi connectivity index (χ4n) is 5.53. The number of anilines is 1. The Balaban J connectivity index is 1.11. The van der Waals surface area contributed by atoms with Crippen LogP contribution in [0.5, 0.6) is 11.5 Å². The number of ether oxygens (including phenoxy) is 5. The number of piperidine rings is 1. The van der Waals surface area contributed by atoms with E-state index in [0.717, 1.165) is 59.8 Å². The quantitative estimate of drug-likeness (QED) is 0.257. The molecule has 0 unspecified atom stereocenters. The molecule has 0 radical (unpaired) electrons. The molecule has 2 aliphatic rings. The lowest BCUT2D eigenvalue weighted by Crippen LogP contribution is -2.41. The summed E-state index contributed by atoms with van der Waals surface area (Å²) in [6, 6.07) is 22.2.